The Bertz CT molecular complexity index is 2930. The minimum atomic E-state index is -3.98. The van der Waals surface area contributed by atoms with Gasteiger partial charge >= 0.3 is 24.8 Å². The number of nitrogens with two attached hydrogens (primary N) is 3. The molecule has 1 saturated heterocycles. The number of carboxylic acid groups (broad SMARTS) is 1. The summed E-state index contributed by atoms with van der Waals surface area (Å²) in [5.41, 5.74) is 2.78. The van der Waals surface area contributed by atoms with Gasteiger partial charge in [0.15, 0.2) is 5.78 Å². The van der Waals surface area contributed by atoms with Gasteiger partial charge in [-0.15, -0.1) is 0 Å². The zero-order valence-corrected chi connectivity index (χ0v) is 48.2. The summed E-state index contributed by atoms with van der Waals surface area (Å²) in [7, 11) is -1.36. The first kappa shape index (κ1) is 72.0. The number of primary sulfonamides is 3. The van der Waals surface area contributed by atoms with Crippen LogP contribution in [0.25, 0.3) is 0 Å². The van der Waals surface area contributed by atoms with Crippen LogP contribution in [0.1, 0.15) is 77.7 Å². The third-order valence-corrected chi connectivity index (χ3v) is 13.6. The third kappa shape index (κ3) is 26.1. The van der Waals surface area contributed by atoms with Crippen LogP contribution >= 0.6 is 50.7 Å². The van der Waals surface area contributed by atoms with Gasteiger partial charge in [-0.25, -0.2) is 50.5 Å². The second kappa shape index (κ2) is 33.8. The van der Waals surface area contributed by atoms with Crippen molar-refractivity contribution in [2.45, 2.75) is 55.7 Å². The Morgan fingerprint density at radius 1 is 0.595 bits per heavy atom. The van der Waals surface area contributed by atoms with E-state index in [1.807, 2.05) is 57.4 Å². The molecule has 7 N–H and O–H groups in total. The molecule has 404 valence electrons. The van der Waals surface area contributed by atoms with Crippen LogP contribution in [-0.2, 0) is 39.6 Å². The zero-order chi connectivity index (χ0) is 55.3. The number of nitrogens with zero attached hydrogens (tertiary/aromatic N) is 3. The number of amides is 1. The number of anilines is 2. The predicted molar refractivity (Wildman–Crippen MR) is 294 cm³/mol. The summed E-state index contributed by atoms with van der Waals surface area (Å²) in [6.07, 6.45) is 2.56. The Labute approximate surface area is 471 Å². The van der Waals surface area contributed by atoms with E-state index >= 15 is 0 Å². The van der Waals surface area contributed by atoms with Gasteiger partial charge in [-0.1, -0.05) is 58.2 Å². The summed E-state index contributed by atoms with van der Waals surface area (Å²) in [6.45, 7) is 8.25. The largest absolute Gasteiger partial charge is 1.00 e. The number of ether oxygens (including phenoxy) is 1. The normalized spacial score (nSPS) is 11.5. The van der Waals surface area contributed by atoms with Crippen LogP contribution in [0.4, 0.5) is 11.4 Å². The van der Waals surface area contributed by atoms with E-state index in [0.29, 0.717) is 5.56 Å². The van der Waals surface area contributed by atoms with Crippen molar-refractivity contribution in [3.05, 3.63) is 151 Å². The van der Waals surface area contributed by atoms with E-state index in [1.54, 1.807) is 12.1 Å². The number of rotatable bonds is 10. The average Bonchev–Trinajstić information content (AvgIpc) is 3.89. The summed E-state index contributed by atoms with van der Waals surface area (Å²) in [6, 6.07) is 26.3. The number of sulfonamides is 3. The van der Waals surface area contributed by atoms with Crippen LogP contribution in [0.2, 0.25) is 15.1 Å². The van der Waals surface area contributed by atoms with E-state index in [9.17, 15) is 39.6 Å². The van der Waals surface area contributed by atoms with E-state index in [2.05, 4.69) is 53.7 Å². The van der Waals surface area contributed by atoms with Crippen molar-refractivity contribution < 1.29 is 73.2 Å². The quantitative estimate of drug-likeness (QED) is 0.0528. The maximum atomic E-state index is 12.4. The van der Waals surface area contributed by atoms with Crippen molar-refractivity contribution >= 4 is 110 Å². The molecule has 26 heteroatoms. The second-order valence-corrected chi connectivity index (χ2v) is 22.5. The first-order chi connectivity index (χ1) is 33.2. The fraction of sp³-hybridized carbons (Fsp3) is 0.292. The van der Waals surface area contributed by atoms with Gasteiger partial charge in [0, 0.05) is 81.0 Å². The first-order valence-corrected chi connectivity index (χ1v) is 27.4. The van der Waals surface area contributed by atoms with Crippen LogP contribution in [0.15, 0.2) is 122 Å². The maximum absolute atomic E-state index is 12.4. The Morgan fingerprint density at radius 2 is 0.905 bits per heavy atom. The number of hydrogen-bond acceptors (Lipinski definition) is 13. The fourth-order valence-electron chi connectivity index (χ4n) is 5.16. The minimum absolute atomic E-state index is 0. The number of halogens is 4. The van der Waals surface area contributed by atoms with Crippen molar-refractivity contribution in [3.8, 4) is 0 Å². The third-order valence-electron chi connectivity index (χ3n) is 8.85. The molecule has 0 aromatic heterocycles. The number of carboxylic acids is 1. The van der Waals surface area contributed by atoms with E-state index < -0.39 is 41.9 Å². The molecule has 5 aromatic rings. The monoisotopic (exact) mass is 1200 g/mol. The topological polar surface area (TPSA) is 280 Å². The maximum Gasteiger partial charge on any atom is 1.00 e. The molecule has 0 unspecified atom stereocenters. The van der Waals surface area contributed by atoms with Gasteiger partial charge in [0.05, 0.1) is 27.7 Å². The Morgan fingerprint density at radius 3 is 1.22 bits per heavy atom. The van der Waals surface area contributed by atoms with E-state index in [1.165, 1.54) is 81.1 Å². The van der Waals surface area contributed by atoms with Gasteiger partial charge in [-0.3, -0.25) is 14.4 Å². The molecular formula is C48H63BrCl3LiN6O12S3. The Hall–Kier alpha value is -4.09. The number of carbonyl (C=O) groups excluding carboxylic acids is 2. The number of ketones is 1. The van der Waals surface area contributed by atoms with Gasteiger partial charge in [0.2, 0.25) is 30.1 Å². The average molecular weight is 1210 g/mol. The summed E-state index contributed by atoms with van der Waals surface area (Å²) in [5.74, 6) is -0.632. The van der Waals surface area contributed by atoms with Crippen molar-refractivity contribution in [3.63, 3.8) is 0 Å². The molecule has 1 aliphatic rings. The summed E-state index contributed by atoms with van der Waals surface area (Å²) < 4.78 is 73.3. The van der Waals surface area contributed by atoms with Gasteiger partial charge < -0.3 is 25.6 Å². The predicted octanol–water partition coefficient (Wildman–Crippen LogP) is 6.16. The number of aromatic carboxylic acids is 1. The van der Waals surface area contributed by atoms with Gasteiger partial charge in [0.25, 0.3) is 5.91 Å². The smallest absolute Gasteiger partial charge is 0.478 e. The van der Waals surface area contributed by atoms with Crippen LogP contribution in [-0.4, -0.2) is 109 Å². The molecule has 0 atom stereocenters. The molecule has 0 spiro atoms. The summed E-state index contributed by atoms with van der Waals surface area (Å²) in [4.78, 5) is 42.4. The molecular weight excluding hydrogens is 1140 g/mol. The number of carbonyl (C=O) groups is 3. The van der Waals surface area contributed by atoms with Gasteiger partial charge in [0.1, 0.15) is 14.7 Å². The summed E-state index contributed by atoms with van der Waals surface area (Å²) >= 11 is 20.4. The van der Waals surface area contributed by atoms with Gasteiger partial charge in [-0.2, -0.15) is 20.8 Å². The molecule has 1 heterocycles. The molecule has 0 radical (unpaired) electrons. The fourth-order valence-corrected chi connectivity index (χ4v) is 8.64. The second-order valence-electron chi connectivity index (χ2n) is 15.8. The molecule has 6 rings (SSSR count). The van der Waals surface area contributed by atoms with Crippen LogP contribution in [0.5, 0.6) is 0 Å². The van der Waals surface area contributed by atoms with Crippen LogP contribution in [0, 0.1) is 5.92 Å². The zero-order valence-electron chi connectivity index (χ0n) is 41.9. The molecule has 74 heavy (non-hydrogen) atoms. The van der Waals surface area contributed by atoms with Crippen LogP contribution in [0.3, 0.4) is 0 Å². The number of hydroxylamine groups is 2. The molecule has 0 bridgehead atoms. The Kier molecular flexibility index (Phi) is 32.9. The number of benzene rings is 5. The molecule has 1 amide bonds. The van der Waals surface area contributed by atoms with Crippen molar-refractivity contribution in [1.82, 2.24) is 5.06 Å². The van der Waals surface area contributed by atoms with Crippen molar-refractivity contribution in [2.24, 2.45) is 15.4 Å². The van der Waals surface area contributed by atoms with Crippen molar-refractivity contribution in [2.75, 3.05) is 65.4 Å². The first-order valence-electron chi connectivity index (χ1n) is 20.8. The molecule has 1 aliphatic heterocycles. The SMILES string of the molecule is C.C1CCOC1.CN(C)c1ccc(Br)cc1.CN(C)c1ccc(C(=O)c2ccc(Cl)c(S(N)(=O)=O)c2)cc1.CON(C)C(=O)c1ccc(Cl)c(S(N)(=O)=O)c1.C[C-](C)C.NS(=O)(=O)c1cc(C(=O)O)ccc1Cl.[Li+]. The number of hydrogen-bond donors (Lipinski definition) is 4. The van der Waals surface area contributed by atoms with E-state index in [4.69, 9.17) is 64.9 Å². The molecule has 0 aliphatic carbocycles. The molecule has 18 nitrogen and oxygen atoms in total. The molecule has 1 fully saturated rings. The van der Waals surface area contributed by atoms with E-state index in [0.717, 1.165) is 40.6 Å². The van der Waals surface area contributed by atoms with Gasteiger partial charge in [-0.05, 0) is 116 Å². The molecule has 5 aromatic carbocycles. The summed E-state index contributed by atoms with van der Waals surface area (Å²) in [5, 5.41) is 24.3. The Balaban J connectivity index is 0. The van der Waals surface area contributed by atoms with E-state index in [-0.39, 0.29) is 78.5 Å². The minimum Gasteiger partial charge on any atom is -0.478 e. The standard InChI is InChI=1S/C15H15ClN2O3S.C9H11ClN2O4S.C8H10BrN.C7H6ClNO4S.C4H8O.C4H9.CH4.Li/c1-18(2)12-6-3-10(4-7-12)15(19)11-5-8-13(16)14(9-11)22(17,20)21;1-12(16-2)9(13)6-3-4-7(10)8(5-6)17(11,14)15;1-10(2)8-5-3-7(9)4-6-8;8-5-2-1-4(7(10)11)3-6(5)14(9,12)13;1-2-4-5-3-1;1-4(2)3;;/h3-9H,1-2H3,(H2,17,20,21);3-5H,1-2H3,(H2,11,14,15);3-6H,1-2H3;1-3H,(H,10,11)(H2,9,12,13);1-4H2;1-3H3;1H4;/q;;;;;-1;;+1. The van der Waals surface area contributed by atoms with Crippen LogP contribution < -0.4 is 44.1 Å². The van der Waals surface area contributed by atoms with Crippen molar-refractivity contribution in [1.29, 1.82) is 0 Å². The molecule has 0 saturated carbocycles.